The van der Waals surface area contributed by atoms with Crippen LogP contribution >= 0.6 is 23.2 Å². The predicted molar refractivity (Wildman–Crippen MR) is 104 cm³/mol. The summed E-state index contributed by atoms with van der Waals surface area (Å²) in [6.07, 6.45) is 2.93. The molecule has 0 fully saturated rings. The lowest BCUT2D eigenvalue weighted by molar-refractivity contribution is -0.128. The maximum absolute atomic E-state index is 12.3. The van der Waals surface area contributed by atoms with Crippen LogP contribution in [-0.4, -0.2) is 17.7 Å². The molecule has 1 aliphatic heterocycles. The minimum atomic E-state index is -0.582. The van der Waals surface area contributed by atoms with Gasteiger partial charge in [0.05, 0.1) is 10.0 Å². The molecule has 0 saturated carbocycles. The van der Waals surface area contributed by atoms with Crippen molar-refractivity contribution in [2.75, 3.05) is 6.79 Å². The summed E-state index contributed by atoms with van der Waals surface area (Å²) in [5, 5.41) is 1.32. The van der Waals surface area contributed by atoms with Crippen LogP contribution < -0.4 is 14.2 Å². The van der Waals surface area contributed by atoms with Gasteiger partial charge >= 0.3 is 5.97 Å². The highest BCUT2D eigenvalue weighted by Crippen LogP contribution is 2.37. The van der Waals surface area contributed by atoms with Gasteiger partial charge in [0.1, 0.15) is 5.52 Å². The van der Waals surface area contributed by atoms with Crippen molar-refractivity contribution in [2.45, 2.75) is 6.92 Å². The van der Waals surface area contributed by atoms with E-state index in [0.717, 1.165) is 11.3 Å². The predicted octanol–water partition coefficient (Wildman–Crippen LogP) is 5.20. The Hall–Kier alpha value is -2.76. The Morgan fingerprint density at radius 2 is 1.93 bits per heavy atom. The Bertz CT molecular complexity index is 1100. The quantitative estimate of drug-likeness (QED) is 0.343. The van der Waals surface area contributed by atoms with E-state index in [-0.39, 0.29) is 17.6 Å². The number of nitrogens with zero attached hydrogens (tertiary/aromatic N) is 1. The van der Waals surface area contributed by atoms with E-state index >= 15 is 0 Å². The molecule has 1 aromatic heterocycles. The second kappa shape index (κ2) is 7.10. The highest BCUT2D eigenvalue weighted by molar-refractivity contribution is 6.39. The van der Waals surface area contributed by atoms with Crippen LogP contribution in [0.4, 0.5) is 0 Å². The standard InChI is InChI=1S/C20H13Cl2NO4/c1-11-2-5-13-14(21)9-15(22)20(19(13)23-11)27-18(24)7-4-12-3-6-16-17(8-12)26-10-25-16/h2-9H,10H2,1H3. The molecule has 7 heteroatoms. The van der Waals surface area contributed by atoms with Crippen LogP contribution in [0.15, 0.2) is 42.5 Å². The number of benzene rings is 2. The molecule has 2 heterocycles. The van der Waals surface area contributed by atoms with Crippen LogP contribution in [0.2, 0.25) is 10.0 Å². The number of aryl methyl sites for hydroxylation is 1. The first-order valence-electron chi connectivity index (χ1n) is 8.06. The van der Waals surface area contributed by atoms with Crippen LogP contribution in [0.5, 0.6) is 17.2 Å². The first-order valence-corrected chi connectivity index (χ1v) is 8.82. The van der Waals surface area contributed by atoms with Crippen LogP contribution in [0.3, 0.4) is 0 Å². The molecule has 0 N–H and O–H groups in total. The molecule has 136 valence electrons. The van der Waals surface area contributed by atoms with Gasteiger partial charge in [0.2, 0.25) is 6.79 Å². The molecule has 0 radical (unpaired) electrons. The number of carbonyl (C=O) groups excluding carboxylic acids is 1. The monoisotopic (exact) mass is 401 g/mol. The molecule has 3 aromatic rings. The topological polar surface area (TPSA) is 57.7 Å². The molecule has 0 unspecified atom stereocenters. The summed E-state index contributed by atoms with van der Waals surface area (Å²) >= 11 is 12.4. The number of fused-ring (bicyclic) bond motifs is 2. The normalized spacial score (nSPS) is 12.7. The summed E-state index contributed by atoms with van der Waals surface area (Å²) < 4.78 is 16.0. The number of aromatic nitrogens is 1. The van der Waals surface area contributed by atoms with E-state index in [1.54, 1.807) is 18.2 Å². The minimum absolute atomic E-state index is 0.181. The average molecular weight is 402 g/mol. The molecule has 0 saturated heterocycles. The molecule has 1 aliphatic rings. The molecule has 0 spiro atoms. The molecule has 0 atom stereocenters. The molecule has 0 amide bonds. The number of esters is 1. The van der Waals surface area contributed by atoms with Crippen molar-refractivity contribution < 1.29 is 19.0 Å². The van der Waals surface area contributed by atoms with Crippen LogP contribution in [0.1, 0.15) is 11.3 Å². The van der Waals surface area contributed by atoms with Crippen molar-refractivity contribution in [1.82, 2.24) is 4.98 Å². The molecule has 0 aliphatic carbocycles. The van der Waals surface area contributed by atoms with Crippen LogP contribution in [0.25, 0.3) is 17.0 Å². The smallest absolute Gasteiger partial charge is 0.336 e. The minimum Gasteiger partial charge on any atom is -0.454 e. The fraction of sp³-hybridized carbons (Fsp3) is 0.100. The fourth-order valence-corrected chi connectivity index (χ4v) is 3.26. The summed E-state index contributed by atoms with van der Waals surface area (Å²) in [6.45, 7) is 2.03. The second-order valence-electron chi connectivity index (χ2n) is 5.89. The van der Waals surface area contributed by atoms with Gasteiger partial charge in [-0.3, -0.25) is 0 Å². The van der Waals surface area contributed by atoms with E-state index in [0.29, 0.717) is 27.4 Å². The largest absolute Gasteiger partial charge is 0.454 e. The Morgan fingerprint density at radius 1 is 1.11 bits per heavy atom. The van der Waals surface area contributed by atoms with Gasteiger partial charge in [-0.15, -0.1) is 0 Å². The summed E-state index contributed by atoms with van der Waals surface area (Å²) in [7, 11) is 0. The van der Waals surface area contributed by atoms with Crippen molar-refractivity contribution in [3.63, 3.8) is 0 Å². The van der Waals surface area contributed by atoms with E-state index in [9.17, 15) is 4.79 Å². The molecule has 27 heavy (non-hydrogen) atoms. The van der Waals surface area contributed by atoms with E-state index < -0.39 is 5.97 Å². The number of pyridine rings is 1. The van der Waals surface area contributed by atoms with Gasteiger partial charge in [0.25, 0.3) is 0 Å². The molecule has 0 bridgehead atoms. The maximum Gasteiger partial charge on any atom is 0.336 e. The van der Waals surface area contributed by atoms with Gasteiger partial charge in [-0.2, -0.15) is 0 Å². The molecule has 4 rings (SSSR count). The van der Waals surface area contributed by atoms with Gasteiger partial charge < -0.3 is 14.2 Å². The molecule has 2 aromatic carbocycles. The van der Waals surface area contributed by atoms with E-state index in [1.807, 2.05) is 25.1 Å². The zero-order chi connectivity index (χ0) is 19.0. The Balaban J connectivity index is 1.60. The highest BCUT2D eigenvalue weighted by atomic mass is 35.5. The first-order chi connectivity index (χ1) is 13.0. The van der Waals surface area contributed by atoms with Gasteiger partial charge in [-0.25, -0.2) is 9.78 Å². The van der Waals surface area contributed by atoms with Crippen LogP contribution in [0, 0.1) is 6.92 Å². The Morgan fingerprint density at radius 3 is 2.78 bits per heavy atom. The lowest BCUT2D eigenvalue weighted by atomic mass is 10.2. The maximum atomic E-state index is 12.3. The fourth-order valence-electron chi connectivity index (χ4n) is 2.70. The lowest BCUT2D eigenvalue weighted by Crippen LogP contribution is -2.05. The molecule has 5 nitrogen and oxygen atoms in total. The third-order valence-electron chi connectivity index (χ3n) is 3.99. The zero-order valence-electron chi connectivity index (χ0n) is 14.2. The lowest BCUT2D eigenvalue weighted by Gasteiger charge is -2.10. The Labute approximate surface area is 165 Å². The number of hydrogen-bond donors (Lipinski definition) is 0. The zero-order valence-corrected chi connectivity index (χ0v) is 15.7. The number of halogens is 2. The summed E-state index contributed by atoms with van der Waals surface area (Å²) in [4.78, 5) is 16.7. The number of carbonyl (C=O) groups is 1. The van der Waals surface area contributed by atoms with E-state index in [2.05, 4.69) is 4.98 Å². The summed E-state index contributed by atoms with van der Waals surface area (Å²) in [5.74, 6) is 0.911. The highest BCUT2D eigenvalue weighted by Gasteiger charge is 2.16. The SMILES string of the molecule is Cc1ccc2c(Cl)cc(Cl)c(OC(=O)C=Cc3ccc4c(c3)OCO4)c2n1. The summed E-state index contributed by atoms with van der Waals surface area (Å²) in [5.41, 5.74) is 1.98. The van der Waals surface area contributed by atoms with Crippen LogP contribution in [-0.2, 0) is 4.79 Å². The van der Waals surface area contributed by atoms with Crippen molar-refractivity contribution in [1.29, 1.82) is 0 Å². The van der Waals surface area contributed by atoms with Crippen molar-refractivity contribution >= 4 is 46.2 Å². The average Bonchev–Trinajstić information content (AvgIpc) is 3.11. The molecular weight excluding hydrogens is 389 g/mol. The summed E-state index contributed by atoms with van der Waals surface area (Å²) in [6, 6.07) is 10.5. The first kappa shape index (κ1) is 17.6. The van der Waals surface area contributed by atoms with E-state index in [1.165, 1.54) is 12.1 Å². The second-order valence-corrected chi connectivity index (χ2v) is 6.70. The van der Waals surface area contributed by atoms with E-state index in [4.69, 9.17) is 37.4 Å². The van der Waals surface area contributed by atoms with Gasteiger partial charge in [0.15, 0.2) is 17.2 Å². The van der Waals surface area contributed by atoms with Gasteiger partial charge in [0, 0.05) is 17.2 Å². The third-order valence-corrected chi connectivity index (χ3v) is 4.58. The van der Waals surface area contributed by atoms with Crippen molar-refractivity contribution in [3.8, 4) is 17.2 Å². The van der Waals surface area contributed by atoms with Gasteiger partial charge in [-0.1, -0.05) is 29.3 Å². The molecular formula is C20H13Cl2NO4. The van der Waals surface area contributed by atoms with Crippen molar-refractivity contribution in [3.05, 3.63) is 63.8 Å². The number of ether oxygens (including phenoxy) is 3. The number of hydrogen-bond acceptors (Lipinski definition) is 5. The third kappa shape index (κ3) is 3.56. The van der Waals surface area contributed by atoms with Gasteiger partial charge in [-0.05, 0) is 48.9 Å². The Kier molecular flexibility index (Phi) is 4.64. The number of rotatable bonds is 3. The van der Waals surface area contributed by atoms with Crippen molar-refractivity contribution in [2.24, 2.45) is 0 Å².